The van der Waals surface area contributed by atoms with Crippen LogP contribution in [0.15, 0.2) is 24.3 Å². The zero-order valence-electron chi connectivity index (χ0n) is 10.6. The summed E-state index contributed by atoms with van der Waals surface area (Å²) in [5, 5.41) is 2.54. The predicted octanol–water partition coefficient (Wildman–Crippen LogP) is 1.62. The van der Waals surface area contributed by atoms with Gasteiger partial charge in [-0.2, -0.15) is 0 Å². The van der Waals surface area contributed by atoms with Crippen LogP contribution < -0.4 is 10.2 Å². The number of alkyl halides is 1. The van der Waals surface area contributed by atoms with Crippen LogP contribution in [-0.2, 0) is 14.3 Å². The van der Waals surface area contributed by atoms with Crippen molar-refractivity contribution in [3.63, 3.8) is 0 Å². The quantitative estimate of drug-likeness (QED) is 0.854. The topological polar surface area (TPSA) is 58.6 Å². The number of amides is 2. The number of anilines is 2. The highest BCUT2D eigenvalue weighted by Crippen LogP contribution is 2.26. The third-order valence-electron chi connectivity index (χ3n) is 2.79. The second kappa shape index (κ2) is 6.04. The number of hydrogen-bond donors (Lipinski definition) is 1. The Morgan fingerprint density at radius 3 is 3.00 bits per heavy atom. The number of ether oxygens (including phenoxy) is 1. The van der Waals surface area contributed by atoms with E-state index in [4.69, 9.17) is 16.3 Å². The summed E-state index contributed by atoms with van der Waals surface area (Å²) in [6, 6.07) is 7.11. The van der Waals surface area contributed by atoms with E-state index in [1.54, 1.807) is 23.1 Å². The molecule has 1 aliphatic heterocycles. The Balaban J connectivity index is 2.11. The molecule has 5 nitrogen and oxygen atoms in total. The maximum atomic E-state index is 11.8. The molecule has 1 atom stereocenters. The lowest BCUT2D eigenvalue weighted by Gasteiger charge is -2.17. The zero-order valence-corrected chi connectivity index (χ0v) is 11.3. The molecule has 19 heavy (non-hydrogen) atoms. The van der Waals surface area contributed by atoms with Crippen LogP contribution in [0.25, 0.3) is 0 Å². The van der Waals surface area contributed by atoms with Gasteiger partial charge in [-0.05, 0) is 18.2 Å². The third-order valence-corrected chi connectivity index (χ3v) is 3.09. The molecule has 0 bridgehead atoms. The minimum absolute atomic E-state index is 0.000341. The summed E-state index contributed by atoms with van der Waals surface area (Å²) in [7, 11) is 1.46. The van der Waals surface area contributed by atoms with Crippen LogP contribution in [0.2, 0.25) is 0 Å². The summed E-state index contributed by atoms with van der Waals surface area (Å²) in [6.07, 6.45) is 0.349. The highest BCUT2D eigenvalue weighted by atomic mass is 35.5. The number of carbonyl (C=O) groups is 2. The molecule has 0 aromatic heterocycles. The number of nitrogens with zero attached hydrogens (tertiary/aromatic N) is 1. The van der Waals surface area contributed by atoms with Gasteiger partial charge in [0.25, 0.3) is 0 Å². The molecule has 1 aromatic rings. The van der Waals surface area contributed by atoms with Crippen molar-refractivity contribution < 1.29 is 14.3 Å². The van der Waals surface area contributed by atoms with Gasteiger partial charge in [-0.15, -0.1) is 11.6 Å². The predicted molar refractivity (Wildman–Crippen MR) is 73.6 cm³/mol. The number of methoxy groups -OCH3 is 1. The molecule has 0 radical (unpaired) electrons. The van der Waals surface area contributed by atoms with Gasteiger partial charge in [0.2, 0.25) is 11.8 Å². The normalized spacial score (nSPS) is 18.7. The van der Waals surface area contributed by atoms with Crippen LogP contribution in [-0.4, -0.2) is 37.5 Å². The van der Waals surface area contributed by atoms with Gasteiger partial charge in [0.05, 0.1) is 5.38 Å². The van der Waals surface area contributed by atoms with Crippen molar-refractivity contribution in [3.8, 4) is 0 Å². The Morgan fingerprint density at radius 2 is 2.37 bits per heavy atom. The van der Waals surface area contributed by atoms with Gasteiger partial charge >= 0.3 is 0 Å². The van der Waals surface area contributed by atoms with E-state index in [-0.39, 0.29) is 23.8 Å². The van der Waals surface area contributed by atoms with Crippen molar-refractivity contribution in [2.75, 3.05) is 30.5 Å². The van der Waals surface area contributed by atoms with E-state index in [1.165, 1.54) is 7.11 Å². The highest BCUT2D eigenvalue weighted by Gasteiger charge is 2.29. The zero-order chi connectivity index (χ0) is 13.8. The van der Waals surface area contributed by atoms with Gasteiger partial charge in [0.15, 0.2) is 0 Å². The van der Waals surface area contributed by atoms with E-state index < -0.39 is 0 Å². The van der Waals surface area contributed by atoms with E-state index >= 15 is 0 Å². The molecular formula is C13H15ClN2O3. The average Bonchev–Trinajstić information content (AvgIpc) is 2.69. The number of benzene rings is 1. The fraction of sp³-hybridized carbons (Fsp3) is 0.385. The van der Waals surface area contributed by atoms with Crippen LogP contribution >= 0.6 is 11.6 Å². The monoisotopic (exact) mass is 282 g/mol. The lowest BCUT2D eigenvalue weighted by molar-refractivity contribution is -0.119. The van der Waals surface area contributed by atoms with Gasteiger partial charge < -0.3 is 15.0 Å². The molecule has 2 rings (SSSR count). The van der Waals surface area contributed by atoms with Crippen molar-refractivity contribution >= 4 is 34.8 Å². The number of halogens is 1. The van der Waals surface area contributed by atoms with E-state index in [1.807, 2.05) is 6.07 Å². The molecule has 1 saturated heterocycles. The van der Waals surface area contributed by atoms with Crippen molar-refractivity contribution in [1.82, 2.24) is 0 Å². The van der Waals surface area contributed by atoms with E-state index in [0.29, 0.717) is 18.7 Å². The molecule has 0 spiro atoms. The van der Waals surface area contributed by atoms with Crippen LogP contribution in [0.5, 0.6) is 0 Å². The first-order chi connectivity index (χ1) is 9.10. The molecule has 1 heterocycles. The number of carbonyl (C=O) groups excluding carboxylic acids is 2. The first-order valence-electron chi connectivity index (χ1n) is 5.93. The minimum Gasteiger partial charge on any atom is -0.375 e. The summed E-state index contributed by atoms with van der Waals surface area (Å²) < 4.78 is 4.74. The fourth-order valence-electron chi connectivity index (χ4n) is 1.99. The van der Waals surface area contributed by atoms with Crippen LogP contribution in [0, 0.1) is 0 Å². The molecule has 6 heteroatoms. The highest BCUT2D eigenvalue weighted by molar-refractivity contribution is 6.24. The lowest BCUT2D eigenvalue weighted by Crippen LogP contribution is -2.24. The fourth-order valence-corrected chi connectivity index (χ4v) is 2.26. The van der Waals surface area contributed by atoms with E-state index in [9.17, 15) is 9.59 Å². The minimum atomic E-state index is -0.234. The van der Waals surface area contributed by atoms with Crippen molar-refractivity contribution in [2.45, 2.75) is 11.8 Å². The van der Waals surface area contributed by atoms with Crippen molar-refractivity contribution in [2.24, 2.45) is 0 Å². The standard InChI is InChI=1S/C13H15ClN2O3/c1-19-8-12(17)15-10-3-2-4-11(6-10)16-7-9(14)5-13(16)18/h2-4,6,9H,5,7-8H2,1H3,(H,15,17). The van der Waals surface area contributed by atoms with Crippen molar-refractivity contribution in [3.05, 3.63) is 24.3 Å². The molecule has 0 saturated carbocycles. The van der Waals surface area contributed by atoms with Gasteiger partial charge in [-0.25, -0.2) is 0 Å². The Bertz CT molecular complexity index is 493. The number of nitrogens with one attached hydrogen (secondary N) is 1. The molecule has 1 N–H and O–H groups in total. The Morgan fingerprint density at radius 1 is 1.58 bits per heavy atom. The van der Waals surface area contributed by atoms with E-state index in [0.717, 1.165) is 5.69 Å². The third kappa shape index (κ3) is 3.45. The molecule has 1 aliphatic rings. The Kier molecular flexibility index (Phi) is 4.39. The molecule has 0 aliphatic carbocycles. The second-order valence-corrected chi connectivity index (χ2v) is 4.95. The van der Waals surface area contributed by atoms with Crippen LogP contribution in [0.1, 0.15) is 6.42 Å². The molecule has 1 aromatic carbocycles. The lowest BCUT2D eigenvalue weighted by atomic mass is 10.2. The number of rotatable bonds is 4. The molecule has 1 fully saturated rings. The first kappa shape index (κ1) is 13.8. The van der Waals surface area contributed by atoms with Crippen molar-refractivity contribution in [1.29, 1.82) is 0 Å². The Labute approximate surface area is 116 Å². The Hall–Kier alpha value is -1.59. The summed E-state index contributed by atoms with van der Waals surface area (Å²) >= 11 is 5.97. The van der Waals surface area contributed by atoms with Crippen LogP contribution in [0.3, 0.4) is 0 Å². The largest absolute Gasteiger partial charge is 0.375 e. The molecular weight excluding hydrogens is 268 g/mol. The summed E-state index contributed by atoms with van der Waals surface area (Å²) in [6.45, 7) is 0.493. The second-order valence-electron chi connectivity index (χ2n) is 4.34. The smallest absolute Gasteiger partial charge is 0.250 e. The van der Waals surface area contributed by atoms with Gasteiger partial charge in [-0.1, -0.05) is 6.07 Å². The maximum absolute atomic E-state index is 11.8. The molecule has 102 valence electrons. The maximum Gasteiger partial charge on any atom is 0.250 e. The molecule has 1 unspecified atom stereocenters. The summed E-state index contributed by atoms with van der Waals surface area (Å²) in [5.74, 6) is -0.233. The summed E-state index contributed by atoms with van der Waals surface area (Å²) in [4.78, 5) is 24.8. The first-order valence-corrected chi connectivity index (χ1v) is 6.37. The van der Waals surface area contributed by atoms with Gasteiger partial charge in [-0.3, -0.25) is 9.59 Å². The SMILES string of the molecule is COCC(=O)Nc1cccc(N2CC(Cl)CC2=O)c1. The van der Waals surface area contributed by atoms with Gasteiger partial charge in [0.1, 0.15) is 6.61 Å². The average molecular weight is 283 g/mol. The van der Waals surface area contributed by atoms with Gasteiger partial charge in [0, 0.05) is 31.5 Å². The molecule has 2 amide bonds. The summed E-state index contributed by atoms with van der Waals surface area (Å²) in [5.41, 5.74) is 1.37. The number of hydrogen-bond acceptors (Lipinski definition) is 3. The van der Waals surface area contributed by atoms with Crippen LogP contribution in [0.4, 0.5) is 11.4 Å². The van der Waals surface area contributed by atoms with E-state index in [2.05, 4.69) is 5.32 Å².